The van der Waals surface area contributed by atoms with Gasteiger partial charge in [0.15, 0.2) is 11.6 Å². The lowest BCUT2D eigenvalue weighted by Gasteiger charge is -2.44. The van der Waals surface area contributed by atoms with Crippen LogP contribution in [-0.4, -0.2) is 11.6 Å². The van der Waals surface area contributed by atoms with Gasteiger partial charge < -0.3 is 0 Å². The maximum absolute atomic E-state index is 12.9. The van der Waals surface area contributed by atoms with Gasteiger partial charge in [-0.25, -0.2) is 0 Å². The average Bonchev–Trinajstić information content (AvgIpc) is 2.59. The fourth-order valence-corrected chi connectivity index (χ4v) is 5.06. The number of ketones is 2. The summed E-state index contributed by atoms with van der Waals surface area (Å²) in [6.07, 6.45) is 8.72. The third kappa shape index (κ3) is 1.50. The van der Waals surface area contributed by atoms with E-state index in [4.69, 9.17) is 0 Å². The zero-order chi connectivity index (χ0) is 14.8. The van der Waals surface area contributed by atoms with Crippen molar-refractivity contribution < 1.29 is 9.59 Å². The summed E-state index contributed by atoms with van der Waals surface area (Å²) >= 11 is 0. The number of fused-ring (bicyclic) bond motifs is 3. The summed E-state index contributed by atoms with van der Waals surface area (Å²) < 4.78 is 0. The number of rotatable bonds is 0. The highest BCUT2D eigenvalue weighted by atomic mass is 16.1. The summed E-state index contributed by atoms with van der Waals surface area (Å²) in [5.41, 5.74) is 4.27. The van der Waals surface area contributed by atoms with Crippen molar-refractivity contribution in [1.82, 2.24) is 0 Å². The highest BCUT2D eigenvalue weighted by Crippen LogP contribution is 2.52. The van der Waals surface area contributed by atoms with Crippen molar-refractivity contribution in [2.24, 2.45) is 23.7 Å². The van der Waals surface area contributed by atoms with E-state index in [0.717, 1.165) is 12.8 Å². The van der Waals surface area contributed by atoms with Crippen LogP contribution in [0.15, 0.2) is 47.6 Å². The second-order valence-corrected chi connectivity index (χ2v) is 7.12. The van der Waals surface area contributed by atoms with Gasteiger partial charge in [0.05, 0.1) is 0 Å². The first-order chi connectivity index (χ1) is 10.7. The van der Waals surface area contributed by atoms with Gasteiger partial charge in [-0.05, 0) is 37.5 Å². The van der Waals surface area contributed by atoms with E-state index in [1.165, 1.54) is 24.0 Å². The van der Waals surface area contributed by atoms with Crippen LogP contribution in [0, 0.1) is 23.7 Å². The molecule has 2 nitrogen and oxygen atoms in total. The Labute approximate surface area is 129 Å². The Morgan fingerprint density at radius 2 is 1.18 bits per heavy atom. The standard InChI is InChI=1S/C20H18O2/c21-19-13-3-1-2-4-14(13)20(22)18-10-16-12-7-5-11(6-8-12)15(16)9-17(18)19/h1-5,7,11-12,17-18H,6,8-10H2/t11-,12-,17-,18+/m0/s1. The number of hydrogen-bond acceptors (Lipinski definition) is 2. The molecule has 6 rings (SSSR count). The largest absolute Gasteiger partial charge is 0.294 e. The van der Waals surface area contributed by atoms with Crippen LogP contribution < -0.4 is 0 Å². The van der Waals surface area contributed by atoms with Gasteiger partial charge in [-0.3, -0.25) is 9.59 Å². The zero-order valence-electron chi connectivity index (χ0n) is 12.4. The fraction of sp³-hybridized carbons (Fsp3) is 0.400. The number of hydrogen-bond donors (Lipinski definition) is 0. The van der Waals surface area contributed by atoms with Crippen LogP contribution in [0.2, 0.25) is 0 Å². The third-order valence-corrected chi connectivity index (χ3v) is 6.17. The molecule has 0 unspecified atom stereocenters. The molecule has 2 bridgehead atoms. The van der Waals surface area contributed by atoms with Crippen LogP contribution in [0.25, 0.3) is 0 Å². The molecular weight excluding hydrogens is 272 g/mol. The number of allylic oxidation sites excluding steroid dienone is 4. The van der Waals surface area contributed by atoms with Gasteiger partial charge >= 0.3 is 0 Å². The molecule has 5 aliphatic rings. The molecule has 0 saturated heterocycles. The number of carbonyl (C=O) groups is 2. The molecule has 0 radical (unpaired) electrons. The zero-order valence-corrected chi connectivity index (χ0v) is 12.4. The van der Waals surface area contributed by atoms with Gasteiger partial charge in [0.2, 0.25) is 0 Å². The molecule has 4 atom stereocenters. The van der Waals surface area contributed by atoms with Crippen LogP contribution in [0.4, 0.5) is 0 Å². The summed E-state index contributed by atoms with van der Waals surface area (Å²) in [5.74, 6) is 1.21. The first-order valence-corrected chi connectivity index (χ1v) is 8.31. The van der Waals surface area contributed by atoms with Crippen LogP contribution in [0.5, 0.6) is 0 Å². The lowest BCUT2D eigenvalue weighted by molar-refractivity contribution is 0.0710. The van der Waals surface area contributed by atoms with Crippen LogP contribution in [0.1, 0.15) is 46.4 Å². The minimum atomic E-state index is -0.117. The van der Waals surface area contributed by atoms with Crippen molar-refractivity contribution >= 4 is 11.6 Å². The third-order valence-electron chi connectivity index (χ3n) is 6.17. The fourth-order valence-electron chi connectivity index (χ4n) is 5.06. The van der Waals surface area contributed by atoms with Gasteiger partial charge in [0.1, 0.15) is 0 Å². The average molecular weight is 290 g/mol. The first kappa shape index (κ1) is 12.6. The van der Waals surface area contributed by atoms with E-state index in [2.05, 4.69) is 12.2 Å². The molecule has 2 heteroatoms. The van der Waals surface area contributed by atoms with Gasteiger partial charge in [0, 0.05) is 23.0 Å². The Balaban J connectivity index is 1.61. The molecule has 0 aromatic heterocycles. The predicted molar refractivity (Wildman–Crippen MR) is 83.7 cm³/mol. The van der Waals surface area contributed by atoms with Crippen LogP contribution in [-0.2, 0) is 0 Å². The van der Waals surface area contributed by atoms with E-state index in [0.29, 0.717) is 23.0 Å². The second kappa shape index (κ2) is 4.28. The van der Waals surface area contributed by atoms with Crippen molar-refractivity contribution in [3.05, 3.63) is 58.7 Å². The van der Waals surface area contributed by atoms with E-state index in [1.54, 1.807) is 0 Å². The molecule has 110 valence electrons. The van der Waals surface area contributed by atoms with E-state index >= 15 is 0 Å². The summed E-state index contributed by atoms with van der Waals surface area (Å²) in [6.45, 7) is 0. The molecule has 0 amide bonds. The van der Waals surface area contributed by atoms with E-state index in [-0.39, 0.29) is 23.4 Å². The Bertz CT molecular complexity index is 705. The summed E-state index contributed by atoms with van der Waals surface area (Å²) in [7, 11) is 0. The highest BCUT2D eigenvalue weighted by molar-refractivity contribution is 6.16. The topological polar surface area (TPSA) is 34.1 Å². The van der Waals surface area contributed by atoms with Crippen LogP contribution >= 0.6 is 0 Å². The maximum atomic E-state index is 12.9. The number of benzene rings is 1. The van der Waals surface area contributed by atoms with Crippen molar-refractivity contribution in [3.63, 3.8) is 0 Å². The summed E-state index contributed by atoms with van der Waals surface area (Å²) in [6, 6.07) is 7.37. The molecule has 1 aromatic rings. The number of Topliss-reactive ketones (excluding diaryl/α,β-unsaturated/α-hetero) is 2. The molecule has 0 aliphatic heterocycles. The van der Waals surface area contributed by atoms with Gasteiger partial charge in [-0.15, -0.1) is 0 Å². The minimum absolute atomic E-state index is 0.117. The quantitative estimate of drug-likeness (QED) is 0.677. The normalized spacial score (nSPS) is 35.3. The molecule has 0 spiro atoms. The second-order valence-electron chi connectivity index (χ2n) is 7.12. The van der Waals surface area contributed by atoms with Crippen molar-refractivity contribution in [1.29, 1.82) is 0 Å². The Morgan fingerprint density at radius 1 is 0.727 bits per heavy atom. The monoisotopic (exact) mass is 290 g/mol. The molecule has 22 heavy (non-hydrogen) atoms. The van der Waals surface area contributed by atoms with Crippen molar-refractivity contribution in [3.8, 4) is 0 Å². The van der Waals surface area contributed by atoms with Crippen LogP contribution in [0.3, 0.4) is 0 Å². The van der Waals surface area contributed by atoms with E-state index < -0.39 is 0 Å². The highest BCUT2D eigenvalue weighted by Gasteiger charge is 2.47. The molecular formula is C20H18O2. The van der Waals surface area contributed by atoms with E-state index in [1.807, 2.05) is 24.3 Å². The maximum Gasteiger partial charge on any atom is 0.167 e. The first-order valence-electron chi connectivity index (χ1n) is 8.31. The number of carbonyl (C=O) groups excluding carboxylic acids is 2. The SMILES string of the molecule is O=C1c2ccccc2C(=O)[C@@H]2CC3=C(C[C@H]12)[C@H]1C=C[C@H]3CC1. The predicted octanol–water partition coefficient (Wildman–Crippen LogP) is 3.98. The molecule has 0 fully saturated rings. The van der Waals surface area contributed by atoms with Gasteiger partial charge in [0.25, 0.3) is 0 Å². The lowest BCUT2D eigenvalue weighted by Crippen LogP contribution is -2.42. The molecule has 1 aromatic carbocycles. The summed E-state index contributed by atoms with van der Waals surface area (Å²) in [4.78, 5) is 25.8. The lowest BCUT2D eigenvalue weighted by atomic mass is 9.58. The summed E-state index contributed by atoms with van der Waals surface area (Å²) in [5, 5.41) is 0. The van der Waals surface area contributed by atoms with Gasteiger partial charge in [-0.1, -0.05) is 47.6 Å². The minimum Gasteiger partial charge on any atom is -0.294 e. The molecule has 5 aliphatic carbocycles. The Kier molecular flexibility index (Phi) is 2.45. The molecule has 0 N–H and O–H groups in total. The smallest absolute Gasteiger partial charge is 0.167 e. The van der Waals surface area contributed by atoms with Crippen molar-refractivity contribution in [2.45, 2.75) is 25.7 Å². The Morgan fingerprint density at radius 3 is 1.59 bits per heavy atom. The molecule has 0 saturated carbocycles. The van der Waals surface area contributed by atoms with Crippen molar-refractivity contribution in [2.75, 3.05) is 0 Å². The molecule has 0 heterocycles. The van der Waals surface area contributed by atoms with E-state index in [9.17, 15) is 9.59 Å². The van der Waals surface area contributed by atoms with Gasteiger partial charge in [-0.2, -0.15) is 0 Å². The Hall–Kier alpha value is -1.96.